The summed E-state index contributed by atoms with van der Waals surface area (Å²) in [6.45, 7) is 8.78. The van der Waals surface area contributed by atoms with Crippen molar-refractivity contribution in [3.8, 4) is 0 Å². The van der Waals surface area contributed by atoms with E-state index in [1.165, 1.54) is 0 Å². The van der Waals surface area contributed by atoms with E-state index in [9.17, 15) is 49.8 Å². The molecule has 0 aromatic rings. The molecule has 0 bridgehead atoms. The highest BCUT2D eigenvalue weighted by Crippen LogP contribution is 2.28. The molecule has 11 atom stereocenters. The molecule has 9 N–H and O–H groups in total. The number of hydrogen-bond donors (Lipinski definition) is 9. The lowest BCUT2D eigenvalue weighted by Crippen LogP contribution is -2.55. The second kappa shape index (κ2) is 33.2. The summed E-state index contributed by atoms with van der Waals surface area (Å²) < 4.78 is 28.2. The number of rotatable bonds is 35. The van der Waals surface area contributed by atoms with Crippen molar-refractivity contribution < 1.29 is 73.5 Å². The number of ether oxygens (including phenoxy) is 5. The van der Waals surface area contributed by atoms with Gasteiger partial charge < -0.3 is 70.3 Å². The molecule has 0 aromatic heterocycles. The van der Waals surface area contributed by atoms with Gasteiger partial charge in [0.05, 0.1) is 37.6 Å². The molecule has 0 saturated carbocycles. The molecule has 2 aliphatic rings. The van der Waals surface area contributed by atoms with Crippen LogP contribution in [0.15, 0.2) is 0 Å². The van der Waals surface area contributed by atoms with Crippen LogP contribution in [0.25, 0.3) is 0 Å². The second-order valence-corrected chi connectivity index (χ2v) is 17.5. The van der Waals surface area contributed by atoms with Gasteiger partial charge in [-0.05, 0) is 78.1 Å². The molecular formula is C45H83N3O15. The van der Waals surface area contributed by atoms with Crippen LogP contribution in [0.3, 0.4) is 0 Å². The van der Waals surface area contributed by atoms with Crippen LogP contribution < -0.4 is 16.0 Å². The molecule has 11 unspecified atom stereocenters. The van der Waals surface area contributed by atoms with Crippen LogP contribution in [0, 0.1) is 11.8 Å². The van der Waals surface area contributed by atoms with Gasteiger partial charge in [-0.25, -0.2) is 0 Å². The van der Waals surface area contributed by atoms with Gasteiger partial charge in [0.15, 0.2) is 18.4 Å². The average molecular weight is 906 g/mol. The summed E-state index contributed by atoms with van der Waals surface area (Å²) in [6.07, 6.45) is 3.05. The maximum Gasteiger partial charge on any atom is 0.220 e. The van der Waals surface area contributed by atoms with Gasteiger partial charge in [-0.3, -0.25) is 19.2 Å². The normalized spacial score (nSPS) is 26.7. The topological polar surface area (TPSA) is 272 Å². The fourth-order valence-corrected chi connectivity index (χ4v) is 7.54. The van der Waals surface area contributed by atoms with Crippen molar-refractivity contribution in [2.45, 2.75) is 205 Å². The van der Waals surface area contributed by atoms with Gasteiger partial charge in [-0.15, -0.1) is 0 Å². The Morgan fingerprint density at radius 3 is 1.46 bits per heavy atom. The number of unbranched alkanes of at least 4 members (excludes halogenated alkanes) is 8. The van der Waals surface area contributed by atoms with Gasteiger partial charge in [0.2, 0.25) is 17.7 Å². The smallest absolute Gasteiger partial charge is 0.220 e. The highest BCUT2D eigenvalue weighted by atomic mass is 16.7. The monoisotopic (exact) mass is 906 g/mol. The number of amides is 3. The number of Topliss-reactive ketones (excluding diaryl/α,β-unsaturated/α-hetero) is 1. The van der Waals surface area contributed by atoms with Crippen molar-refractivity contribution in [2.75, 3.05) is 46.1 Å². The summed E-state index contributed by atoms with van der Waals surface area (Å²) in [5.74, 6) is -1.25. The lowest BCUT2D eigenvalue weighted by molar-refractivity contribution is -0.282. The largest absolute Gasteiger partial charge is 0.394 e. The Labute approximate surface area is 374 Å². The summed E-state index contributed by atoms with van der Waals surface area (Å²) >= 11 is 0. The number of aliphatic hydroxyl groups excluding tert-OH is 6. The molecule has 0 aliphatic carbocycles. The van der Waals surface area contributed by atoms with Crippen LogP contribution in [0.1, 0.15) is 143 Å². The van der Waals surface area contributed by atoms with Gasteiger partial charge in [0, 0.05) is 70.4 Å². The van der Waals surface area contributed by atoms with E-state index in [1.807, 2.05) is 13.8 Å². The van der Waals surface area contributed by atoms with Crippen LogP contribution in [0.2, 0.25) is 0 Å². The van der Waals surface area contributed by atoms with E-state index in [0.717, 1.165) is 32.1 Å². The summed E-state index contributed by atoms with van der Waals surface area (Å²) in [7, 11) is 0. The molecule has 2 rings (SSSR count). The molecular weight excluding hydrogens is 823 g/mol. The van der Waals surface area contributed by atoms with Gasteiger partial charge in [0.25, 0.3) is 0 Å². The minimum atomic E-state index is -1.19. The van der Waals surface area contributed by atoms with E-state index < -0.39 is 80.3 Å². The molecule has 2 fully saturated rings. The SMILES string of the molecule is CC(C)OCCCNC(=O)CCCCCCC(=O)C(CCCCNC(=O)CCCCCOC1OC(CO)C(O)C(O)C1C)NC(=O)CCCCCOC1OC(CO)C(O)C(O)C1C. The zero-order valence-electron chi connectivity index (χ0n) is 38.5. The van der Waals surface area contributed by atoms with Crippen molar-refractivity contribution in [3.63, 3.8) is 0 Å². The molecule has 63 heavy (non-hydrogen) atoms. The Hall–Kier alpha value is -2.36. The lowest BCUT2D eigenvalue weighted by Gasteiger charge is -2.40. The molecule has 3 amide bonds. The van der Waals surface area contributed by atoms with Gasteiger partial charge >= 0.3 is 0 Å². The Morgan fingerprint density at radius 2 is 0.984 bits per heavy atom. The number of aliphatic hydroxyl groups is 6. The Balaban J connectivity index is 1.70. The third-order valence-electron chi connectivity index (χ3n) is 11.7. The molecule has 0 aromatic carbocycles. The minimum absolute atomic E-state index is 0.0115. The van der Waals surface area contributed by atoms with E-state index in [0.29, 0.717) is 110 Å². The Bertz CT molecular complexity index is 1260. The first-order valence-electron chi connectivity index (χ1n) is 23.6. The minimum Gasteiger partial charge on any atom is -0.394 e. The van der Waals surface area contributed by atoms with E-state index in [4.69, 9.17) is 23.7 Å². The zero-order chi connectivity index (χ0) is 46.6. The van der Waals surface area contributed by atoms with Crippen molar-refractivity contribution in [3.05, 3.63) is 0 Å². The maximum absolute atomic E-state index is 13.4. The highest BCUT2D eigenvalue weighted by Gasteiger charge is 2.43. The Kier molecular flexibility index (Phi) is 29.9. The average Bonchev–Trinajstić information content (AvgIpc) is 3.26. The number of carbonyl (C=O) groups excluding carboxylic acids is 4. The van der Waals surface area contributed by atoms with Crippen LogP contribution in [-0.2, 0) is 42.9 Å². The molecule has 18 nitrogen and oxygen atoms in total. The summed E-state index contributed by atoms with van der Waals surface area (Å²) in [6, 6.07) is -0.639. The second-order valence-electron chi connectivity index (χ2n) is 17.5. The first-order valence-corrected chi connectivity index (χ1v) is 23.6. The highest BCUT2D eigenvalue weighted by molar-refractivity contribution is 5.89. The summed E-state index contributed by atoms with van der Waals surface area (Å²) in [5.41, 5.74) is 0. The van der Waals surface area contributed by atoms with Crippen LogP contribution in [0.5, 0.6) is 0 Å². The van der Waals surface area contributed by atoms with E-state index in [2.05, 4.69) is 16.0 Å². The molecule has 18 heteroatoms. The van der Waals surface area contributed by atoms with E-state index in [-0.39, 0.29) is 36.0 Å². The van der Waals surface area contributed by atoms with Crippen molar-refractivity contribution >= 4 is 23.5 Å². The summed E-state index contributed by atoms with van der Waals surface area (Å²) in [5, 5.41) is 68.1. The van der Waals surface area contributed by atoms with Gasteiger partial charge in [-0.2, -0.15) is 0 Å². The molecule has 368 valence electrons. The molecule has 2 saturated heterocycles. The van der Waals surface area contributed by atoms with E-state index in [1.54, 1.807) is 13.8 Å². The third-order valence-corrected chi connectivity index (χ3v) is 11.7. The van der Waals surface area contributed by atoms with Crippen LogP contribution in [0.4, 0.5) is 0 Å². The molecule has 2 heterocycles. The zero-order valence-corrected chi connectivity index (χ0v) is 38.5. The quantitative estimate of drug-likeness (QED) is 0.0411. The predicted molar refractivity (Wildman–Crippen MR) is 233 cm³/mol. The number of hydrogen-bond acceptors (Lipinski definition) is 15. The first kappa shape index (κ1) is 56.8. The van der Waals surface area contributed by atoms with E-state index >= 15 is 0 Å². The van der Waals surface area contributed by atoms with Crippen LogP contribution in [-0.4, -0.2) is 162 Å². The third kappa shape index (κ3) is 23.1. The first-order chi connectivity index (χ1) is 30.2. The molecule has 0 spiro atoms. The lowest BCUT2D eigenvalue weighted by atomic mass is 9.92. The fraction of sp³-hybridized carbons (Fsp3) is 0.911. The van der Waals surface area contributed by atoms with Gasteiger partial charge in [0.1, 0.15) is 24.4 Å². The fourth-order valence-electron chi connectivity index (χ4n) is 7.54. The molecule has 0 radical (unpaired) electrons. The number of nitrogens with one attached hydrogen (secondary N) is 3. The standard InChI is InChI=1S/C45H83N3O15/c1-30(2)59-27-17-24-47-38(53)20-10-6-5-9-19-34(51)33(48-39(54)22-12-8-16-26-61-45-32(4)41(56)43(58)36(29-50)63-45)18-13-14-23-46-37(52)21-11-7-15-25-60-44-31(3)40(55)42(57)35(28-49)62-44/h30-33,35-36,40-45,49-50,55-58H,5-29H2,1-4H3,(H,46,52)(H,47,53)(H,48,54). The number of ketones is 1. The Morgan fingerprint density at radius 1 is 0.540 bits per heavy atom. The van der Waals surface area contributed by atoms with Crippen molar-refractivity contribution in [2.24, 2.45) is 11.8 Å². The molecule has 2 aliphatic heterocycles. The summed E-state index contributed by atoms with van der Waals surface area (Å²) in [4.78, 5) is 51.0. The van der Waals surface area contributed by atoms with Gasteiger partial charge in [-0.1, -0.05) is 39.5 Å². The maximum atomic E-state index is 13.4. The van der Waals surface area contributed by atoms with Crippen molar-refractivity contribution in [1.82, 2.24) is 16.0 Å². The van der Waals surface area contributed by atoms with Crippen LogP contribution >= 0.6 is 0 Å². The predicted octanol–water partition coefficient (Wildman–Crippen LogP) is 1.90. The number of carbonyl (C=O) groups is 4. The van der Waals surface area contributed by atoms with Crippen molar-refractivity contribution in [1.29, 1.82) is 0 Å².